The first kappa shape index (κ1) is 26.4. The van der Waals surface area contributed by atoms with Crippen molar-refractivity contribution in [1.82, 2.24) is 19.4 Å². The first-order chi connectivity index (χ1) is 17.8. The van der Waals surface area contributed by atoms with Gasteiger partial charge in [0.2, 0.25) is 17.8 Å². The molecule has 8 heteroatoms. The molecule has 1 aliphatic rings. The number of rotatable bonds is 10. The summed E-state index contributed by atoms with van der Waals surface area (Å²) in [6.45, 7) is 3.25. The molecule has 0 unspecified atom stereocenters. The van der Waals surface area contributed by atoms with Gasteiger partial charge < -0.3 is 14.5 Å². The number of aryl methyl sites for hydroxylation is 1. The Morgan fingerprint density at radius 1 is 1.03 bits per heavy atom. The third-order valence-corrected chi connectivity index (χ3v) is 6.82. The first-order valence-corrected chi connectivity index (χ1v) is 12.9. The predicted molar refractivity (Wildman–Crippen MR) is 146 cm³/mol. The number of ether oxygens (including phenoxy) is 1. The molecule has 0 atom stereocenters. The first-order valence-electron chi connectivity index (χ1n) is 12.9. The molecule has 3 aromatic rings. The van der Waals surface area contributed by atoms with Gasteiger partial charge in [-0.05, 0) is 70.3 Å². The molecule has 0 radical (unpaired) electrons. The highest BCUT2D eigenvalue weighted by Gasteiger charge is 2.28. The minimum atomic E-state index is -0.259. The maximum atomic E-state index is 13.3. The van der Waals surface area contributed by atoms with Crippen molar-refractivity contribution >= 4 is 17.8 Å². The molecule has 2 aromatic carbocycles. The van der Waals surface area contributed by atoms with Gasteiger partial charge in [0.25, 0.3) is 0 Å². The maximum absolute atomic E-state index is 13.3. The van der Waals surface area contributed by atoms with Crippen LogP contribution >= 0.6 is 0 Å². The Hall–Kier alpha value is -3.65. The molecule has 4 rings (SSSR count). The monoisotopic (exact) mass is 503 g/mol. The second-order valence-corrected chi connectivity index (χ2v) is 9.98. The fourth-order valence-electron chi connectivity index (χ4n) is 4.63. The molecule has 0 bridgehead atoms. The summed E-state index contributed by atoms with van der Waals surface area (Å²) in [5.41, 5.74) is 3.67. The molecule has 1 aliphatic carbocycles. The molecular formula is C29H37N5O3. The third kappa shape index (κ3) is 6.77. The summed E-state index contributed by atoms with van der Waals surface area (Å²) in [5, 5.41) is 2.98. The van der Waals surface area contributed by atoms with Gasteiger partial charge in [-0.2, -0.15) is 0 Å². The number of nitrogens with zero attached hydrogens (tertiary/aromatic N) is 4. The van der Waals surface area contributed by atoms with Crippen LogP contribution in [0.5, 0.6) is 5.75 Å². The smallest absolute Gasteiger partial charge is 0.246 e. The number of carbonyl (C=O) groups excluding carboxylic acids is 2. The Bertz CT molecular complexity index is 1200. The van der Waals surface area contributed by atoms with Gasteiger partial charge in [0.15, 0.2) is 0 Å². The summed E-state index contributed by atoms with van der Waals surface area (Å²) in [7, 11) is 5.57. The van der Waals surface area contributed by atoms with Crippen LogP contribution in [0, 0.1) is 12.8 Å². The van der Waals surface area contributed by atoms with Gasteiger partial charge in [0.05, 0.1) is 19.3 Å². The van der Waals surface area contributed by atoms with E-state index in [1.807, 2.05) is 85.2 Å². The molecule has 0 saturated heterocycles. The van der Waals surface area contributed by atoms with E-state index < -0.39 is 0 Å². The van der Waals surface area contributed by atoms with E-state index in [-0.39, 0.29) is 24.3 Å². The minimum absolute atomic E-state index is 0.00179. The fraction of sp³-hybridized carbons (Fsp3) is 0.414. The molecule has 196 valence electrons. The van der Waals surface area contributed by atoms with E-state index in [0.717, 1.165) is 53.9 Å². The lowest BCUT2D eigenvalue weighted by Crippen LogP contribution is -2.44. The van der Waals surface area contributed by atoms with Crippen molar-refractivity contribution in [3.8, 4) is 22.7 Å². The summed E-state index contributed by atoms with van der Waals surface area (Å²) in [6.07, 6.45) is 5.87. The summed E-state index contributed by atoms with van der Waals surface area (Å²) in [4.78, 5) is 35.0. The van der Waals surface area contributed by atoms with Crippen LogP contribution in [0.25, 0.3) is 16.9 Å². The van der Waals surface area contributed by atoms with Crippen molar-refractivity contribution in [2.24, 2.45) is 5.92 Å². The van der Waals surface area contributed by atoms with Gasteiger partial charge in [-0.1, -0.05) is 30.5 Å². The minimum Gasteiger partial charge on any atom is -0.497 e. The molecule has 37 heavy (non-hydrogen) atoms. The number of likely N-dealkylation sites (N-methyl/N-ethyl adjacent to an activating group) is 1. The lowest BCUT2D eigenvalue weighted by Gasteiger charge is -2.26. The SMILES string of the molecule is COc1ccc(-c2cn(-c3ccc(C)cc3)c(NC(=O)CN(CCN(C)C)C(=O)C3CCCC3)n2)cc1. The summed E-state index contributed by atoms with van der Waals surface area (Å²) in [5.74, 6) is 1.02. The van der Waals surface area contributed by atoms with E-state index in [1.165, 1.54) is 0 Å². The van der Waals surface area contributed by atoms with E-state index in [0.29, 0.717) is 19.0 Å². The summed E-state index contributed by atoms with van der Waals surface area (Å²) in [6, 6.07) is 15.7. The van der Waals surface area contributed by atoms with Crippen LogP contribution < -0.4 is 10.1 Å². The van der Waals surface area contributed by atoms with E-state index in [2.05, 4.69) is 5.32 Å². The van der Waals surface area contributed by atoms with Crippen molar-refractivity contribution in [2.75, 3.05) is 46.2 Å². The van der Waals surface area contributed by atoms with Crippen LogP contribution in [0.2, 0.25) is 0 Å². The summed E-state index contributed by atoms with van der Waals surface area (Å²) < 4.78 is 7.15. The molecular weight excluding hydrogens is 466 g/mol. The van der Waals surface area contributed by atoms with E-state index in [4.69, 9.17) is 9.72 Å². The zero-order valence-electron chi connectivity index (χ0n) is 22.2. The average Bonchev–Trinajstić information content (AvgIpc) is 3.57. The van der Waals surface area contributed by atoms with Crippen LogP contribution in [0.1, 0.15) is 31.2 Å². The Morgan fingerprint density at radius 2 is 1.70 bits per heavy atom. The molecule has 0 spiro atoms. The highest BCUT2D eigenvalue weighted by Crippen LogP contribution is 2.28. The number of carbonyl (C=O) groups is 2. The predicted octanol–water partition coefficient (Wildman–Crippen LogP) is 4.38. The quantitative estimate of drug-likeness (QED) is 0.444. The fourth-order valence-corrected chi connectivity index (χ4v) is 4.63. The van der Waals surface area contributed by atoms with Crippen LogP contribution in [0.3, 0.4) is 0 Å². The Labute approximate surface area is 219 Å². The second-order valence-electron chi connectivity index (χ2n) is 9.98. The maximum Gasteiger partial charge on any atom is 0.246 e. The van der Waals surface area contributed by atoms with E-state index in [1.54, 1.807) is 12.0 Å². The number of anilines is 1. The van der Waals surface area contributed by atoms with Gasteiger partial charge in [0.1, 0.15) is 5.75 Å². The molecule has 1 fully saturated rings. The number of benzene rings is 2. The Morgan fingerprint density at radius 3 is 2.32 bits per heavy atom. The molecule has 2 amide bonds. The van der Waals surface area contributed by atoms with E-state index in [9.17, 15) is 9.59 Å². The van der Waals surface area contributed by atoms with Gasteiger partial charge in [-0.15, -0.1) is 0 Å². The largest absolute Gasteiger partial charge is 0.497 e. The van der Waals surface area contributed by atoms with Crippen LogP contribution in [-0.2, 0) is 9.59 Å². The van der Waals surface area contributed by atoms with Crippen LogP contribution in [-0.4, -0.2) is 72.0 Å². The van der Waals surface area contributed by atoms with Crippen molar-refractivity contribution in [3.63, 3.8) is 0 Å². The average molecular weight is 504 g/mol. The van der Waals surface area contributed by atoms with Gasteiger partial charge in [-0.25, -0.2) is 4.98 Å². The number of aromatic nitrogens is 2. The van der Waals surface area contributed by atoms with Crippen LogP contribution in [0.4, 0.5) is 5.95 Å². The van der Waals surface area contributed by atoms with Crippen molar-refractivity contribution in [2.45, 2.75) is 32.6 Å². The number of hydrogen-bond donors (Lipinski definition) is 1. The molecule has 1 saturated carbocycles. The molecule has 1 heterocycles. The van der Waals surface area contributed by atoms with Crippen LogP contribution in [0.15, 0.2) is 54.7 Å². The number of nitrogens with one attached hydrogen (secondary N) is 1. The van der Waals surface area contributed by atoms with Gasteiger partial charge >= 0.3 is 0 Å². The second kappa shape index (κ2) is 12.1. The Kier molecular flexibility index (Phi) is 8.61. The molecule has 8 nitrogen and oxygen atoms in total. The van der Waals surface area contributed by atoms with Crippen molar-refractivity contribution < 1.29 is 14.3 Å². The topological polar surface area (TPSA) is 79.7 Å². The highest BCUT2D eigenvalue weighted by atomic mass is 16.5. The van der Waals surface area contributed by atoms with E-state index >= 15 is 0 Å². The zero-order valence-corrected chi connectivity index (χ0v) is 22.2. The lowest BCUT2D eigenvalue weighted by atomic mass is 10.1. The number of amides is 2. The number of methoxy groups -OCH3 is 1. The van der Waals surface area contributed by atoms with Crippen molar-refractivity contribution in [1.29, 1.82) is 0 Å². The zero-order chi connectivity index (χ0) is 26.4. The molecule has 0 aliphatic heterocycles. The molecule has 1 aromatic heterocycles. The third-order valence-electron chi connectivity index (χ3n) is 6.82. The number of imidazole rings is 1. The Balaban J connectivity index is 1.58. The summed E-state index contributed by atoms with van der Waals surface area (Å²) >= 11 is 0. The van der Waals surface area contributed by atoms with Gasteiger partial charge in [-0.3, -0.25) is 19.5 Å². The van der Waals surface area contributed by atoms with Gasteiger partial charge in [0, 0.05) is 36.5 Å². The lowest BCUT2D eigenvalue weighted by molar-refractivity contribution is -0.138. The molecule has 1 N–H and O–H groups in total. The number of hydrogen-bond acceptors (Lipinski definition) is 5. The normalized spacial score (nSPS) is 13.6. The highest BCUT2D eigenvalue weighted by molar-refractivity contribution is 5.94. The standard InChI is InChI=1S/C29H37N5O3/c1-21-9-13-24(14-10-21)34-19-26(22-11-15-25(37-4)16-12-22)30-29(34)31-27(35)20-33(18-17-32(2)3)28(36)23-7-5-6-8-23/h9-16,19,23H,5-8,17-18,20H2,1-4H3,(H,30,31,35). The van der Waals surface area contributed by atoms with Crippen molar-refractivity contribution in [3.05, 3.63) is 60.3 Å².